The number of nitrogens with zero attached hydrogens (tertiary/aromatic N) is 1. The first-order valence-corrected chi connectivity index (χ1v) is 6.91. The van der Waals surface area contributed by atoms with Crippen LogP contribution < -0.4 is 5.32 Å². The van der Waals surface area contributed by atoms with E-state index in [0.29, 0.717) is 5.25 Å². The van der Waals surface area contributed by atoms with E-state index in [2.05, 4.69) is 9.62 Å². The van der Waals surface area contributed by atoms with Crippen LogP contribution in [0.15, 0.2) is 0 Å². The molecule has 0 aromatic heterocycles. The van der Waals surface area contributed by atoms with Gasteiger partial charge in [0.25, 0.3) is 0 Å². The molecule has 1 aliphatic heterocycles. The summed E-state index contributed by atoms with van der Waals surface area (Å²) in [5.41, 5.74) is 0. The summed E-state index contributed by atoms with van der Waals surface area (Å²) in [7, 11) is -0.700. The zero-order chi connectivity index (χ0) is 9.80. The molecular weight excluding hydrogens is 196 g/mol. The maximum Gasteiger partial charge on any atom is 0.0975 e. The first-order valence-electron chi connectivity index (χ1n) is 5.74. The van der Waals surface area contributed by atoms with Gasteiger partial charge >= 0.3 is 0 Å². The molecule has 1 unspecified atom stereocenters. The minimum Gasteiger partial charge on any atom is -0.314 e. The van der Waals surface area contributed by atoms with Gasteiger partial charge < -0.3 is 5.32 Å². The van der Waals surface area contributed by atoms with E-state index in [-0.39, 0.29) is 0 Å². The van der Waals surface area contributed by atoms with Crippen molar-refractivity contribution in [2.45, 2.75) is 37.4 Å². The Kier molecular flexibility index (Phi) is 3.96. The highest BCUT2D eigenvalue weighted by atomic mass is 32.2. The molecule has 0 radical (unpaired) electrons. The molecule has 1 aliphatic carbocycles. The number of rotatable bonds is 2. The molecule has 1 saturated heterocycles. The van der Waals surface area contributed by atoms with Crippen LogP contribution in [-0.4, -0.2) is 39.9 Å². The van der Waals surface area contributed by atoms with E-state index < -0.39 is 11.0 Å². The Balaban J connectivity index is 1.85. The van der Waals surface area contributed by atoms with Gasteiger partial charge in [-0.25, -0.2) is 8.51 Å². The predicted octanol–water partition coefficient (Wildman–Crippen LogP) is 0.888. The van der Waals surface area contributed by atoms with Crippen molar-refractivity contribution in [3.63, 3.8) is 0 Å². The van der Waals surface area contributed by atoms with Crippen LogP contribution in [0.2, 0.25) is 0 Å². The summed E-state index contributed by atoms with van der Waals surface area (Å²) in [6.45, 7) is 3.92. The van der Waals surface area contributed by atoms with Gasteiger partial charge in [0.1, 0.15) is 0 Å². The summed E-state index contributed by atoms with van der Waals surface area (Å²) in [5, 5.41) is 3.76. The highest BCUT2D eigenvalue weighted by Gasteiger charge is 2.25. The maximum atomic E-state index is 12.2. The minimum atomic E-state index is -0.700. The molecule has 82 valence electrons. The molecule has 14 heavy (non-hydrogen) atoms. The predicted molar refractivity (Wildman–Crippen MR) is 59.5 cm³/mol. The first kappa shape index (κ1) is 10.6. The van der Waals surface area contributed by atoms with E-state index in [1.165, 1.54) is 32.1 Å². The van der Waals surface area contributed by atoms with Crippen molar-refractivity contribution in [2.24, 2.45) is 0 Å². The highest BCUT2D eigenvalue weighted by molar-refractivity contribution is 7.83. The summed E-state index contributed by atoms with van der Waals surface area (Å²) in [4.78, 5) is 0. The molecule has 2 rings (SSSR count). The topological polar surface area (TPSA) is 32.3 Å². The van der Waals surface area contributed by atoms with Gasteiger partial charge in [-0.3, -0.25) is 0 Å². The number of nitrogens with one attached hydrogen (secondary N) is 1. The fourth-order valence-corrected chi connectivity index (χ4v) is 4.00. The number of piperazine rings is 1. The van der Waals surface area contributed by atoms with Crippen molar-refractivity contribution in [3.8, 4) is 0 Å². The minimum absolute atomic E-state index is 0.460. The van der Waals surface area contributed by atoms with Crippen molar-refractivity contribution < 1.29 is 4.21 Å². The Morgan fingerprint density at radius 3 is 2.36 bits per heavy atom. The lowest BCUT2D eigenvalue weighted by Gasteiger charge is -2.31. The fraction of sp³-hybridized carbons (Fsp3) is 1.00. The Bertz CT molecular complexity index is 178. The van der Waals surface area contributed by atoms with Crippen molar-refractivity contribution >= 4 is 11.0 Å². The lowest BCUT2D eigenvalue weighted by atomic mass is 10.0. The lowest BCUT2D eigenvalue weighted by Crippen LogP contribution is -2.46. The average Bonchev–Trinajstić information content (AvgIpc) is 2.30. The Morgan fingerprint density at radius 1 is 1.07 bits per heavy atom. The molecule has 4 heteroatoms. The van der Waals surface area contributed by atoms with Crippen LogP contribution in [0.25, 0.3) is 0 Å². The fourth-order valence-electron chi connectivity index (χ4n) is 2.30. The zero-order valence-corrected chi connectivity index (χ0v) is 9.52. The van der Waals surface area contributed by atoms with Crippen LogP contribution in [0, 0.1) is 0 Å². The van der Waals surface area contributed by atoms with Crippen LogP contribution in [0.5, 0.6) is 0 Å². The van der Waals surface area contributed by atoms with Gasteiger partial charge in [-0.05, 0) is 12.8 Å². The lowest BCUT2D eigenvalue weighted by molar-refractivity contribution is 0.370. The van der Waals surface area contributed by atoms with E-state index in [1.54, 1.807) is 0 Å². The molecule has 0 amide bonds. The Hall–Kier alpha value is 0.0700. The number of hydrogen-bond acceptors (Lipinski definition) is 2. The molecule has 2 fully saturated rings. The molecule has 1 atom stereocenters. The van der Waals surface area contributed by atoms with E-state index in [1.807, 2.05) is 0 Å². The molecule has 1 N–H and O–H groups in total. The van der Waals surface area contributed by atoms with Crippen LogP contribution in [0.3, 0.4) is 0 Å². The van der Waals surface area contributed by atoms with Gasteiger partial charge in [-0.15, -0.1) is 0 Å². The average molecular weight is 216 g/mol. The van der Waals surface area contributed by atoms with Crippen LogP contribution >= 0.6 is 0 Å². The van der Waals surface area contributed by atoms with Crippen LogP contribution in [-0.2, 0) is 11.0 Å². The molecule has 3 nitrogen and oxygen atoms in total. The molecule has 1 heterocycles. The summed E-state index contributed by atoms with van der Waals surface area (Å²) in [6, 6.07) is 0. The molecule has 0 aromatic rings. The first-order chi connectivity index (χ1) is 6.88. The summed E-state index contributed by atoms with van der Waals surface area (Å²) < 4.78 is 14.3. The second kappa shape index (κ2) is 5.24. The Labute approximate surface area is 88.8 Å². The van der Waals surface area contributed by atoms with E-state index >= 15 is 0 Å². The third kappa shape index (κ3) is 2.55. The quantitative estimate of drug-likeness (QED) is 0.743. The maximum absolute atomic E-state index is 12.2. The van der Waals surface area contributed by atoms with Crippen molar-refractivity contribution in [1.82, 2.24) is 9.62 Å². The number of hydrogen-bond donors (Lipinski definition) is 1. The van der Waals surface area contributed by atoms with Gasteiger partial charge in [0.05, 0.1) is 11.0 Å². The van der Waals surface area contributed by atoms with Crippen molar-refractivity contribution in [2.75, 3.05) is 26.2 Å². The van der Waals surface area contributed by atoms with E-state index in [4.69, 9.17) is 0 Å². The van der Waals surface area contributed by atoms with Gasteiger partial charge in [0.15, 0.2) is 0 Å². The van der Waals surface area contributed by atoms with E-state index in [9.17, 15) is 4.21 Å². The standard InChI is InChI=1S/C10H20N2OS/c13-14(10-4-2-1-3-5-10)12-8-6-11-7-9-12/h10-11H,1-9H2. The molecule has 0 aromatic carbocycles. The monoisotopic (exact) mass is 216 g/mol. The third-order valence-electron chi connectivity index (χ3n) is 3.17. The van der Waals surface area contributed by atoms with Crippen LogP contribution in [0.4, 0.5) is 0 Å². The summed E-state index contributed by atoms with van der Waals surface area (Å²) >= 11 is 0. The largest absolute Gasteiger partial charge is 0.314 e. The molecule has 1 saturated carbocycles. The molecular formula is C10H20N2OS. The van der Waals surface area contributed by atoms with Gasteiger partial charge in [0.2, 0.25) is 0 Å². The van der Waals surface area contributed by atoms with Crippen LogP contribution in [0.1, 0.15) is 32.1 Å². The SMILES string of the molecule is O=S(C1CCCCC1)N1CCNCC1. The smallest absolute Gasteiger partial charge is 0.0975 e. The van der Waals surface area contributed by atoms with Gasteiger partial charge in [0, 0.05) is 31.4 Å². The normalized spacial score (nSPS) is 28.9. The van der Waals surface area contributed by atoms with Gasteiger partial charge in [-0.1, -0.05) is 19.3 Å². The van der Waals surface area contributed by atoms with Crippen molar-refractivity contribution in [1.29, 1.82) is 0 Å². The summed E-state index contributed by atoms with van der Waals surface area (Å²) in [5.74, 6) is 0. The molecule has 2 aliphatic rings. The van der Waals surface area contributed by atoms with Gasteiger partial charge in [-0.2, -0.15) is 0 Å². The Morgan fingerprint density at radius 2 is 1.71 bits per heavy atom. The second-order valence-corrected chi connectivity index (χ2v) is 5.95. The molecule has 0 bridgehead atoms. The zero-order valence-electron chi connectivity index (χ0n) is 8.71. The highest BCUT2D eigenvalue weighted by Crippen LogP contribution is 2.23. The second-order valence-electron chi connectivity index (χ2n) is 4.22. The summed E-state index contributed by atoms with van der Waals surface area (Å²) in [6.07, 6.45) is 6.26. The third-order valence-corrected chi connectivity index (χ3v) is 5.08. The molecule has 0 spiro atoms. The van der Waals surface area contributed by atoms with Crippen molar-refractivity contribution in [3.05, 3.63) is 0 Å². The van der Waals surface area contributed by atoms with E-state index in [0.717, 1.165) is 26.2 Å².